The Morgan fingerprint density at radius 2 is 2.06 bits per heavy atom. The van der Waals surface area contributed by atoms with Crippen LogP contribution < -0.4 is 15.5 Å². The molecule has 1 amide bonds. The Bertz CT molecular complexity index is 1070. The lowest BCUT2D eigenvalue weighted by molar-refractivity contribution is -0.137. The Balaban J connectivity index is 1.60. The van der Waals surface area contributed by atoms with Crippen molar-refractivity contribution in [3.05, 3.63) is 24.8 Å². The first-order valence-corrected chi connectivity index (χ1v) is 9.45. The van der Waals surface area contributed by atoms with E-state index in [1.165, 1.54) is 6.33 Å². The molecule has 0 atom stereocenters. The average Bonchev–Trinajstić information content (AvgIpc) is 3.20. The number of nitrogens with one attached hydrogen (secondary N) is 3. The van der Waals surface area contributed by atoms with Crippen molar-refractivity contribution in [3.63, 3.8) is 0 Å². The van der Waals surface area contributed by atoms with Gasteiger partial charge in [0.2, 0.25) is 5.91 Å². The van der Waals surface area contributed by atoms with Crippen LogP contribution in [-0.2, 0) is 9.53 Å². The summed E-state index contributed by atoms with van der Waals surface area (Å²) in [6.45, 7) is 0.576. The molecule has 0 radical (unpaired) electrons. The van der Waals surface area contributed by atoms with Gasteiger partial charge in [0.1, 0.15) is 30.2 Å². The van der Waals surface area contributed by atoms with Crippen molar-refractivity contribution in [1.29, 1.82) is 0 Å². The van der Waals surface area contributed by atoms with Crippen LogP contribution >= 0.6 is 0 Å². The third-order valence-corrected chi connectivity index (χ3v) is 4.56. The second-order valence-corrected chi connectivity index (χ2v) is 6.77. The van der Waals surface area contributed by atoms with E-state index in [-0.39, 0.29) is 6.54 Å². The Kier molecular flexibility index (Phi) is 5.84. The number of ether oxygens (including phenoxy) is 1. The SMILES string of the molecule is O=C(CNc1cc(N2CCOCC2)nc(-c2c[nH]c3ncncc23)n1)NCC(F)(F)F. The molecule has 0 aliphatic carbocycles. The fraction of sp³-hybridized carbons (Fsp3) is 0.389. The number of carbonyl (C=O) groups is 1. The normalized spacial score (nSPS) is 14.6. The van der Waals surface area contributed by atoms with Gasteiger partial charge in [0.05, 0.1) is 19.8 Å². The molecule has 13 heteroatoms. The molecule has 3 aromatic heterocycles. The summed E-state index contributed by atoms with van der Waals surface area (Å²) < 4.78 is 42.3. The highest BCUT2D eigenvalue weighted by atomic mass is 19.4. The first kappa shape index (κ1) is 20.8. The van der Waals surface area contributed by atoms with E-state index in [9.17, 15) is 18.0 Å². The van der Waals surface area contributed by atoms with Gasteiger partial charge in [0, 0.05) is 42.5 Å². The number of morpholine rings is 1. The van der Waals surface area contributed by atoms with Gasteiger partial charge in [-0.15, -0.1) is 0 Å². The number of fused-ring (bicyclic) bond motifs is 1. The molecule has 0 unspecified atom stereocenters. The van der Waals surface area contributed by atoms with Crippen molar-refractivity contribution in [2.24, 2.45) is 0 Å². The van der Waals surface area contributed by atoms with Crippen LogP contribution in [0.4, 0.5) is 24.8 Å². The zero-order valence-electron chi connectivity index (χ0n) is 16.2. The Labute approximate surface area is 174 Å². The lowest BCUT2D eigenvalue weighted by Gasteiger charge is -2.28. The van der Waals surface area contributed by atoms with Gasteiger partial charge in [0.15, 0.2) is 5.82 Å². The Hall–Kier alpha value is -3.48. The second-order valence-electron chi connectivity index (χ2n) is 6.77. The molecule has 3 N–H and O–H groups in total. The van der Waals surface area contributed by atoms with Gasteiger partial charge in [0.25, 0.3) is 0 Å². The van der Waals surface area contributed by atoms with E-state index in [0.29, 0.717) is 55.0 Å². The molecule has 1 saturated heterocycles. The molecular formula is C18H19F3N8O2. The van der Waals surface area contributed by atoms with Gasteiger partial charge < -0.3 is 25.3 Å². The number of anilines is 2. The molecule has 3 aromatic rings. The Morgan fingerprint density at radius 3 is 2.84 bits per heavy atom. The van der Waals surface area contributed by atoms with Gasteiger partial charge >= 0.3 is 6.18 Å². The number of nitrogens with zero attached hydrogens (tertiary/aromatic N) is 5. The summed E-state index contributed by atoms with van der Waals surface area (Å²) in [5, 5.41) is 5.32. The number of hydrogen-bond acceptors (Lipinski definition) is 8. The molecule has 4 heterocycles. The van der Waals surface area contributed by atoms with Gasteiger partial charge in [-0.25, -0.2) is 19.9 Å². The standard InChI is InChI=1S/C18H19F3N8O2/c19-18(20,21)9-25-15(30)8-23-13-5-14(29-1-3-31-4-2-29)28-17(27-13)12-7-24-16-11(12)6-22-10-26-16/h5-7,10H,1-4,8-9H2,(H,25,30)(H,22,24,26)(H,23,27,28). The first-order chi connectivity index (χ1) is 14.9. The number of halogens is 3. The van der Waals surface area contributed by atoms with Crippen LogP contribution in [0.5, 0.6) is 0 Å². The number of aromatic amines is 1. The number of amides is 1. The number of rotatable bonds is 6. The summed E-state index contributed by atoms with van der Waals surface area (Å²) in [5.74, 6) is 0.478. The number of alkyl halides is 3. The monoisotopic (exact) mass is 436 g/mol. The number of hydrogen-bond donors (Lipinski definition) is 3. The highest BCUT2D eigenvalue weighted by Gasteiger charge is 2.27. The topological polar surface area (TPSA) is 121 Å². The molecule has 1 aliphatic heterocycles. The predicted molar refractivity (Wildman–Crippen MR) is 106 cm³/mol. The van der Waals surface area contributed by atoms with Crippen LogP contribution in [0, 0.1) is 0 Å². The van der Waals surface area contributed by atoms with Crippen molar-refractivity contribution >= 4 is 28.6 Å². The van der Waals surface area contributed by atoms with E-state index in [4.69, 9.17) is 4.74 Å². The molecule has 1 aliphatic rings. The lowest BCUT2D eigenvalue weighted by Crippen LogP contribution is -2.37. The maximum absolute atomic E-state index is 12.3. The maximum atomic E-state index is 12.3. The fourth-order valence-electron chi connectivity index (χ4n) is 3.08. The van der Waals surface area contributed by atoms with E-state index >= 15 is 0 Å². The van der Waals surface area contributed by atoms with Crippen LogP contribution in [0.2, 0.25) is 0 Å². The van der Waals surface area contributed by atoms with Crippen LogP contribution in [0.15, 0.2) is 24.8 Å². The van der Waals surface area contributed by atoms with Gasteiger partial charge in [-0.2, -0.15) is 13.2 Å². The summed E-state index contributed by atoms with van der Waals surface area (Å²) >= 11 is 0. The molecule has 4 rings (SSSR count). The molecule has 1 fully saturated rings. The van der Waals surface area contributed by atoms with Crippen LogP contribution in [0.25, 0.3) is 22.4 Å². The highest BCUT2D eigenvalue weighted by Crippen LogP contribution is 2.28. The zero-order valence-corrected chi connectivity index (χ0v) is 16.2. The first-order valence-electron chi connectivity index (χ1n) is 9.45. The van der Waals surface area contributed by atoms with Crippen LogP contribution in [0.3, 0.4) is 0 Å². The maximum Gasteiger partial charge on any atom is 0.405 e. The zero-order chi connectivity index (χ0) is 21.8. The van der Waals surface area contributed by atoms with Gasteiger partial charge in [-0.3, -0.25) is 4.79 Å². The molecular weight excluding hydrogens is 417 g/mol. The summed E-state index contributed by atoms with van der Waals surface area (Å²) in [6.07, 6.45) is 0.285. The quantitative estimate of drug-likeness (QED) is 0.530. The molecule has 10 nitrogen and oxygen atoms in total. The van der Waals surface area contributed by atoms with Crippen molar-refractivity contribution in [2.75, 3.05) is 49.6 Å². The van der Waals surface area contributed by atoms with E-state index in [1.54, 1.807) is 18.5 Å². The number of H-pyrrole nitrogens is 1. The average molecular weight is 436 g/mol. The van der Waals surface area contributed by atoms with Crippen molar-refractivity contribution in [1.82, 2.24) is 30.2 Å². The minimum absolute atomic E-state index is 0.305. The van der Waals surface area contributed by atoms with Crippen LogP contribution in [-0.4, -0.2) is 76.4 Å². The van der Waals surface area contributed by atoms with Crippen molar-refractivity contribution in [2.45, 2.75) is 6.18 Å². The molecule has 0 saturated carbocycles. The third kappa shape index (κ3) is 5.17. The number of carbonyl (C=O) groups excluding carboxylic acids is 1. The van der Waals surface area contributed by atoms with E-state index in [1.807, 2.05) is 10.2 Å². The molecule has 0 aromatic carbocycles. The van der Waals surface area contributed by atoms with E-state index in [2.05, 4.69) is 30.2 Å². The van der Waals surface area contributed by atoms with Crippen molar-refractivity contribution in [3.8, 4) is 11.4 Å². The van der Waals surface area contributed by atoms with Crippen LogP contribution in [0.1, 0.15) is 0 Å². The lowest BCUT2D eigenvalue weighted by atomic mass is 10.2. The predicted octanol–water partition coefficient (Wildman–Crippen LogP) is 1.34. The Morgan fingerprint density at radius 1 is 1.26 bits per heavy atom. The van der Waals surface area contributed by atoms with E-state index in [0.717, 1.165) is 5.39 Å². The fourth-order valence-corrected chi connectivity index (χ4v) is 3.08. The molecule has 164 valence electrons. The summed E-state index contributed by atoms with van der Waals surface area (Å²) in [4.78, 5) is 34.1. The smallest absolute Gasteiger partial charge is 0.378 e. The molecule has 31 heavy (non-hydrogen) atoms. The largest absolute Gasteiger partial charge is 0.405 e. The van der Waals surface area contributed by atoms with Crippen molar-refractivity contribution < 1.29 is 22.7 Å². The molecule has 0 bridgehead atoms. The summed E-state index contributed by atoms with van der Waals surface area (Å²) in [7, 11) is 0. The third-order valence-electron chi connectivity index (χ3n) is 4.56. The van der Waals surface area contributed by atoms with Gasteiger partial charge in [-0.05, 0) is 0 Å². The van der Waals surface area contributed by atoms with Gasteiger partial charge in [-0.1, -0.05) is 0 Å². The molecule has 0 spiro atoms. The second kappa shape index (κ2) is 8.71. The summed E-state index contributed by atoms with van der Waals surface area (Å²) in [5.41, 5.74) is 1.28. The highest BCUT2D eigenvalue weighted by molar-refractivity contribution is 5.91. The minimum atomic E-state index is -4.47. The van der Waals surface area contributed by atoms with E-state index < -0.39 is 18.6 Å². The minimum Gasteiger partial charge on any atom is -0.378 e. The number of aromatic nitrogens is 5. The summed E-state index contributed by atoms with van der Waals surface area (Å²) in [6, 6.07) is 1.65.